The zero-order valence-corrected chi connectivity index (χ0v) is 9.66. The molecule has 0 bridgehead atoms. The molecule has 0 saturated carbocycles. The van der Waals surface area contributed by atoms with Gasteiger partial charge in [-0.2, -0.15) is 0 Å². The molecule has 1 fully saturated rings. The van der Waals surface area contributed by atoms with Crippen molar-refractivity contribution >= 4 is 5.78 Å². The normalized spacial score (nSPS) is 17.6. The van der Waals surface area contributed by atoms with Crippen molar-refractivity contribution in [2.24, 2.45) is 0 Å². The quantitative estimate of drug-likeness (QED) is 0.778. The third-order valence-electron chi connectivity index (χ3n) is 3.03. The van der Waals surface area contributed by atoms with Crippen molar-refractivity contribution in [3.8, 4) is 5.75 Å². The number of methoxy groups -OCH3 is 1. The maximum absolute atomic E-state index is 11.3. The van der Waals surface area contributed by atoms with Gasteiger partial charge in [-0.05, 0) is 24.6 Å². The second-order valence-electron chi connectivity index (χ2n) is 4.38. The highest BCUT2D eigenvalue weighted by Gasteiger charge is 2.41. The van der Waals surface area contributed by atoms with E-state index in [4.69, 9.17) is 9.47 Å². The van der Waals surface area contributed by atoms with Crippen LogP contribution in [0.15, 0.2) is 24.3 Å². The van der Waals surface area contributed by atoms with Gasteiger partial charge < -0.3 is 9.47 Å². The van der Waals surface area contributed by atoms with Crippen LogP contribution >= 0.6 is 0 Å². The summed E-state index contributed by atoms with van der Waals surface area (Å²) in [5.41, 5.74) is 1.01. The first-order valence-electron chi connectivity index (χ1n) is 5.38. The van der Waals surface area contributed by atoms with Crippen molar-refractivity contribution in [1.29, 1.82) is 0 Å². The molecule has 1 saturated heterocycles. The SMILES string of the molecule is COc1cccc(C2(CC(C)=O)COC2)c1. The maximum Gasteiger partial charge on any atom is 0.130 e. The monoisotopic (exact) mass is 220 g/mol. The molecule has 0 N–H and O–H groups in total. The Bertz CT molecular complexity index is 394. The number of rotatable bonds is 4. The van der Waals surface area contributed by atoms with Crippen molar-refractivity contribution in [3.63, 3.8) is 0 Å². The molecule has 1 aliphatic rings. The zero-order valence-electron chi connectivity index (χ0n) is 9.66. The van der Waals surface area contributed by atoms with Crippen LogP contribution in [0.2, 0.25) is 0 Å². The van der Waals surface area contributed by atoms with E-state index in [0.717, 1.165) is 11.3 Å². The maximum atomic E-state index is 11.3. The fourth-order valence-corrected chi connectivity index (χ4v) is 2.15. The molecule has 1 heterocycles. The van der Waals surface area contributed by atoms with Crippen molar-refractivity contribution in [3.05, 3.63) is 29.8 Å². The number of carbonyl (C=O) groups is 1. The largest absolute Gasteiger partial charge is 0.497 e. The van der Waals surface area contributed by atoms with Crippen LogP contribution < -0.4 is 4.74 Å². The number of benzene rings is 1. The van der Waals surface area contributed by atoms with E-state index < -0.39 is 0 Å². The number of ketones is 1. The Morgan fingerprint density at radius 3 is 2.75 bits per heavy atom. The van der Waals surface area contributed by atoms with Gasteiger partial charge in [-0.25, -0.2) is 0 Å². The highest BCUT2D eigenvalue weighted by molar-refractivity contribution is 5.77. The molecule has 0 aromatic heterocycles. The number of hydrogen-bond acceptors (Lipinski definition) is 3. The van der Waals surface area contributed by atoms with Gasteiger partial charge in [0.1, 0.15) is 11.5 Å². The smallest absolute Gasteiger partial charge is 0.130 e. The van der Waals surface area contributed by atoms with E-state index in [1.165, 1.54) is 0 Å². The summed E-state index contributed by atoms with van der Waals surface area (Å²) in [4.78, 5) is 11.3. The molecule has 0 unspecified atom stereocenters. The van der Waals surface area contributed by atoms with Crippen molar-refractivity contribution < 1.29 is 14.3 Å². The molecule has 0 radical (unpaired) electrons. The molecule has 1 aromatic rings. The summed E-state index contributed by atoms with van der Waals surface area (Å²) in [5, 5.41) is 0. The Kier molecular flexibility index (Phi) is 2.97. The van der Waals surface area contributed by atoms with Crippen LogP contribution in [-0.2, 0) is 14.9 Å². The highest BCUT2D eigenvalue weighted by atomic mass is 16.5. The third-order valence-corrected chi connectivity index (χ3v) is 3.03. The lowest BCUT2D eigenvalue weighted by Gasteiger charge is -2.41. The molecule has 1 aromatic carbocycles. The van der Waals surface area contributed by atoms with Gasteiger partial charge >= 0.3 is 0 Å². The minimum absolute atomic E-state index is 0.125. The minimum atomic E-state index is -0.125. The number of ether oxygens (including phenoxy) is 2. The molecule has 3 heteroatoms. The van der Waals surface area contributed by atoms with Crippen LogP contribution in [0.25, 0.3) is 0 Å². The zero-order chi connectivity index (χ0) is 11.6. The first kappa shape index (κ1) is 11.1. The van der Waals surface area contributed by atoms with E-state index in [1.54, 1.807) is 14.0 Å². The van der Waals surface area contributed by atoms with E-state index in [-0.39, 0.29) is 11.2 Å². The molecule has 0 aliphatic carbocycles. The van der Waals surface area contributed by atoms with Gasteiger partial charge in [-0.15, -0.1) is 0 Å². The van der Waals surface area contributed by atoms with E-state index in [2.05, 4.69) is 0 Å². The van der Waals surface area contributed by atoms with Crippen LogP contribution in [-0.4, -0.2) is 26.1 Å². The van der Waals surface area contributed by atoms with Gasteiger partial charge in [-0.1, -0.05) is 12.1 Å². The second kappa shape index (κ2) is 4.26. The standard InChI is InChI=1S/C13H16O3/c1-10(14)7-13(8-16-9-13)11-4-3-5-12(6-11)15-2/h3-6H,7-9H2,1-2H3. The summed E-state index contributed by atoms with van der Waals surface area (Å²) in [6.07, 6.45) is 0.542. The van der Waals surface area contributed by atoms with Gasteiger partial charge in [0.05, 0.1) is 20.3 Å². The number of hydrogen-bond donors (Lipinski definition) is 0. The van der Waals surface area contributed by atoms with Crippen LogP contribution in [0, 0.1) is 0 Å². The topological polar surface area (TPSA) is 35.5 Å². The van der Waals surface area contributed by atoms with Crippen molar-refractivity contribution in [1.82, 2.24) is 0 Å². The van der Waals surface area contributed by atoms with E-state index in [0.29, 0.717) is 19.6 Å². The lowest BCUT2D eigenvalue weighted by molar-refractivity contribution is -0.125. The van der Waals surface area contributed by atoms with Crippen LogP contribution in [0.5, 0.6) is 5.75 Å². The summed E-state index contributed by atoms with van der Waals surface area (Å²) in [6.45, 7) is 2.87. The summed E-state index contributed by atoms with van der Waals surface area (Å²) < 4.78 is 10.5. The van der Waals surface area contributed by atoms with Gasteiger partial charge in [0.15, 0.2) is 0 Å². The molecule has 0 atom stereocenters. The Morgan fingerprint density at radius 2 is 2.25 bits per heavy atom. The molecule has 3 nitrogen and oxygen atoms in total. The first-order valence-corrected chi connectivity index (χ1v) is 5.38. The Labute approximate surface area is 95.4 Å². The van der Waals surface area contributed by atoms with Crippen LogP contribution in [0.3, 0.4) is 0 Å². The molecule has 86 valence electrons. The fraction of sp³-hybridized carbons (Fsp3) is 0.462. The Hall–Kier alpha value is -1.35. The molecule has 2 rings (SSSR count). The van der Waals surface area contributed by atoms with Crippen LogP contribution in [0.1, 0.15) is 18.9 Å². The Balaban J connectivity index is 2.29. The molecule has 0 spiro atoms. The van der Waals surface area contributed by atoms with Crippen molar-refractivity contribution in [2.45, 2.75) is 18.8 Å². The summed E-state index contributed by atoms with van der Waals surface area (Å²) in [6, 6.07) is 7.89. The van der Waals surface area contributed by atoms with Gasteiger partial charge in [0, 0.05) is 11.8 Å². The Morgan fingerprint density at radius 1 is 1.50 bits per heavy atom. The lowest BCUT2D eigenvalue weighted by atomic mass is 9.75. The van der Waals surface area contributed by atoms with Gasteiger partial charge in [0.2, 0.25) is 0 Å². The second-order valence-corrected chi connectivity index (χ2v) is 4.38. The summed E-state index contributed by atoms with van der Waals surface area (Å²) in [5.74, 6) is 1.03. The summed E-state index contributed by atoms with van der Waals surface area (Å²) in [7, 11) is 1.65. The predicted molar refractivity (Wildman–Crippen MR) is 60.8 cm³/mol. The van der Waals surface area contributed by atoms with Gasteiger partial charge in [-0.3, -0.25) is 4.79 Å². The number of Topliss-reactive ketones (excluding diaryl/α,β-unsaturated/α-hetero) is 1. The van der Waals surface area contributed by atoms with Crippen molar-refractivity contribution in [2.75, 3.05) is 20.3 Å². The first-order chi connectivity index (χ1) is 7.66. The molecule has 1 aliphatic heterocycles. The average molecular weight is 220 g/mol. The highest BCUT2D eigenvalue weighted by Crippen LogP contribution is 2.37. The molecular weight excluding hydrogens is 204 g/mol. The van der Waals surface area contributed by atoms with Gasteiger partial charge in [0.25, 0.3) is 0 Å². The van der Waals surface area contributed by atoms with E-state index in [1.807, 2.05) is 24.3 Å². The molecule has 0 amide bonds. The lowest BCUT2D eigenvalue weighted by Crippen LogP contribution is -2.47. The molecular formula is C13H16O3. The van der Waals surface area contributed by atoms with Crippen LogP contribution in [0.4, 0.5) is 0 Å². The summed E-state index contributed by atoms with van der Waals surface area (Å²) >= 11 is 0. The number of carbonyl (C=O) groups excluding carboxylic acids is 1. The minimum Gasteiger partial charge on any atom is -0.497 e. The van der Waals surface area contributed by atoms with E-state index in [9.17, 15) is 4.79 Å². The average Bonchev–Trinajstić information content (AvgIpc) is 2.23. The third kappa shape index (κ3) is 1.95. The van der Waals surface area contributed by atoms with E-state index >= 15 is 0 Å². The molecule has 16 heavy (non-hydrogen) atoms. The predicted octanol–water partition coefficient (Wildman–Crippen LogP) is 1.94. The fourth-order valence-electron chi connectivity index (χ4n) is 2.15.